The molecule has 1 N–H and O–H groups in total. The first-order chi connectivity index (χ1) is 15.7. The fourth-order valence-corrected chi connectivity index (χ4v) is 3.66. The largest absolute Gasteiger partial charge is 0.497 e. The molecule has 176 valence electrons. The van der Waals surface area contributed by atoms with Crippen molar-refractivity contribution >= 4 is 23.4 Å². The van der Waals surface area contributed by atoms with Crippen molar-refractivity contribution in [3.63, 3.8) is 0 Å². The molecule has 1 atom stereocenters. The van der Waals surface area contributed by atoms with Crippen LogP contribution in [-0.4, -0.2) is 56.5 Å². The van der Waals surface area contributed by atoms with Crippen molar-refractivity contribution in [3.8, 4) is 11.5 Å². The van der Waals surface area contributed by atoms with Crippen molar-refractivity contribution < 1.29 is 23.9 Å². The lowest BCUT2D eigenvalue weighted by atomic mass is 10.1. The summed E-state index contributed by atoms with van der Waals surface area (Å²) >= 11 is 0. The molecular formula is C25H31N3O5. The normalized spacial score (nSPS) is 15.5. The summed E-state index contributed by atoms with van der Waals surface area (Å²) in [6.45, 7) is 4.51. The van der Waals surface area contributed by atoms with Crippen molar-refractivity contribution in [2.75, 3.05) is 32.7 Å². The minimum Gasteiger partial charge on any atom is -0.497 e. The van der Waals surface area contributed by atoms with Gasteiger partial charge in [-0.2, -0.15) is 0 Å². The Bertz CT molecular complexity index is 1020. The number of benzene rings is 2. The molecule has 1 unspecified atom stereocenters. The minimum atomic E-state index is -0.464. The zero-order valence-corrected chi connectivity index (χ0v) is 19.8. The molecule has 1 aliphatic rings. The number of rotatable bonds is 8. The van der Waals surface area contributed by atoms with E-state index in [0.717, 1.165) is 5.56 Å². The smallest absolute Gasteiger partial charge is 0.253 e. The summed E-state index contributed by atoms with van der Waals surface area (Å²) in [6.07, 6.45) is 0.126. The lowest BCUT2D eigenvalue weighted by Gasteiger charge is -2.21. The highest BCUT2D eigenvalue weighted by Crippen LogP contribution is 2.36. The van der Waals surface area contributed by atoms with Crippen LogP contribution in [0.1, 0.15) is 36.2 Å². The van der Waals surface area contributed by atoms with E-state index in [4.69, 9.17) is 9.47 Å². The number of nitrogens with zero attached hydrogens (tertiary/aromatic N) is 2. The van der Waals surface area contributed by atoms with Gasteiger partial charge >= 0.3 is 0 Å². The van der Waals surface area contributed by atoms with E-state index in [9.17, 15) is 14.4 Å². The molecule has 1 fully saturated rings. The Balaban J connectivity index is 1.61. The SMILES string of the molecule is COc1ccc(OC)c(N2CC(C(=O)NCc3ccc(C(=O)N(C)C(C)C)cc3)CC2=O)c1. The van der Waals surface area contributed by atoms with E-state index in [1.165, 1.54) is 7.11 Å². The van der Waals surface area contributed by atoms with Crippen molar-refractivity contribution in [2.45, 2.75) is 32.9 Å². The number of carbonyl (C=O) groups is 3. The van der Waals surface area contributed by atoms with Crippen LogP contribution in [0, 0.1) is 5.92 Å². The molecule has 3 amide bonds. The number of hydrogen-bond donors (Lipinski definition) is 1. The lowest BCUT2D eigenvalue weighted by molar-refractivity contribution is -0.126. The first-order valence-corrected chi connectivity index (χ1v) is 10.9. The van der Waals surface area contributed by atoms with Crippen LogP contribution in [0.5, 0.6) is 11.5 Å². The van der Waals surface area contributed by atoms with Gasteiger partial charge in [-0.15, -0.1) is 0 Å². The van der Waals surface area contributed by atoms with Gasteiger partial charge in [-0.3, -0.25) is 14.4 Å². The Morgan fingerprint density at radius 2 is 1.82 bits per heavy atom. The highest BCUT2D eigenvalue weighted by molar-refractivity contribution is 6.01. The minimum absolute atomic E-state index is 0.0434. The first kappa shape index (κ1) is 24.1. The van der Waals surface area contributed by atoms with Gasteiger partial charge in [0.2, 0.25) is 11.8 Å². The monoisotopic (exact) mass is 453 g/mol. The summed E-state index contributed by atoms with van der Waals surface area (Å²) in [6, 6.07) is 12.5. The quantitative estimate of drug-likeness (QED) is 0.664. The van der Waals surface area contributed by atoms with Crippen LogP contribution >= 0.6 is 0 Å². The Kier molecular flexibility index (Phi) is 7.58. The van der Waals surface area contributed by atoms with Crippen molar-refractivity contribution in [3.05, 3.63) is 53.6 Å². The molecule has 0 spiro atoms. The second-order valence-electron chi connectivity index (χ2n) is 8.37. The maximum atomic E-state index is 12.8. The second-order valence-corrected chi connectivity index (χ2v) is 8.37. The number of carbonyl (C=O) groups excluding carboxylic acids is 3. The molecule has 0 saturated carbocycles. The average Bonchev–Trinajstić information content (AvgIpc) is 3.22. The van der Waals surface area contributed by atoms with Crippen LogP contribution in [0.4, 0.5) is 5.69 Å². The molecule has 1 saturated heterocycles. The zero-order chi connectivity index (χ0) is 24.1. The number of nitrogens with one attached hydrogen (secondary N) is 1. The average molecular weight is 454 g/mol. The topological polar surface area (TPSA) is 88.2 Å². The van der Waals surface area contributed by atoms with Gasteiger partial charge in [0.05, 0.1) is 25.8 Å². The molecule has 0 radical (unpaired) electrons. The van der Waals surface area contributed by atoms with E-state index >= 15 is 0 Å². The third-order valence-electron chi connectivity index (χ3n) is 5.94. The maximum absolute atomic E-state index is 12.8. The summed E-state index contributed by atoms with van der Waals surface area (Å²) < 4.78 is 10.6. The van der Waals surface area contributed by atoms with Gasteiger partial charge in [0.1, 0.15) is 11.5 Å². The molecular weight excluding hydrogens is 422 g/mol. The Hall–Kier alpha value is -3.55. The van der Waals surface area contributed by atoms with Gasteiger partial charge in [0, 0.05) is 44.2 Å². The first-order valence-electron chi connectivity index (χ1n) is 10.9. The molecule has 33 heavy (non-hydrogen) atoms. The Labute approximate surface area is 194 Å². The molecule has 8 heteroatoms. The zero-order valence-electron chi connectivity index (χ0n) is 19.8. The molecule has 8 nitrogen and oxygen atoms in total. The molecule has 1 aliphatic heterocycles. The summed E-state index contributed by atoms with van der Waals surface area (Å²) in [4.78, 5) is 41.0. The van der Waals surface area contributed by atoms with Crippen LogP contribution in [0.3, 0.4) is 0 Å². The van der Waals surface area contributed by atoms with Crippen molar-refractivity contribution in [1.82, 2.24) is 10.2 Å². The number of hydrogen-bond acceptors (Lipinski definition) is 5. The molecule has 0 aromatic heterocycles. The molecule has 2 aromatic rings. The van der Waals surface area contributed by atoms with E-state index in [-0.39, 0.29) is 36.7 Å². The Morgan fingerprint density at radius 3 is 2.42 bits per heavy atom. The van der Waals surface area contributed by atoms with Crippen LogP contribution < -0.4 is 19.7 Å². The molecule has 2 aromatic carbocycles. The fraction of sp³-hybridized carbons (Fsp3) is 0.400. The van der Waals surface area contributed by atoms with E-state index in [0.29, 0.717) is 29.3 Å². The van der Waals surface area contributed by atoms with Gasteiger partial charge in [-0.05, 0) is 43.7 Å². The summed E-state index contributed by atoms with van der Waals surface area (Å²) in [5, 5.41) is 2.91. The van der Waals surface area contributed by atoms with E-state index in [1.54, 1.807) is 54.3 Å². The van der Waals surface area contributed by atoms with Gasteiger partial charge in [0.25, 0.3) is 5.91 Å². The highest BCUT2D eigenvalue weighted by atomic mass is 16.5. The summed E-state index contributed by atoms with van der Waals surface area (Å²) in [7, 11) is 4.86. The highest BCUT2D eigenvalue weighted by Gasteiger charge is 2.36. The van der Waals surface area contributed by atoms with Gasteiger partial charge in [0.15, 0.2) is 0 Å². The third-order valence-corrected chi connectivity index (χ3v) is 5.94. The molecule has 0 bridgehead atoms. The molecule has 1 heterocycles. The maximum Gasteiger partial charge on any atom is 0.253 e. The van der Waals surface area contributed by atoms with Gasteiger partial charge < -0.3 is 24.6 Å². The van der Waals surface area contributed by atoms with Crippen LogP contribution in [0.15, 0.2) is 42.5 Å². The van der Waals surface area contributed by atoms with Crippen LogP contribution in [-0.2, 0) is 16.1 Å². The van der Waals surface area contributed by atoms with Crippen molar-refractivity contribution in [1.29, 1.82) is 0 Å². The molecule has 0 aliphatic carbocycles. The summed E-state index contributed by atoms with van der Waals surface area (Å²) in [5.74, 6) is 0.314. The van der Waals surface area contributed by atoms with Crippen LogP contribution in [0.25, 0.3) is 0 Å². The van der Waals surface area contributed by atoms with E-state index < -0.39 is 5.92 Å². The number of ether oxygens (including phenoxy) is 2. The second kappa shape index (κ2) is 10.4. The Morgan fingerprint density at radius 1 is 1.12 bits per heavy atom. The van der Waals surface area contributed by atoms with E-state index in [1.807, 2.05) is 26.0 Å². The lowest BCUT2D eigenvalue weighted by Crippen LogP contribution is -2.33. The predicted octanol–water partition coefficient (Wildman–Crippen LogP) is 2.85. The fourth-order valence-electron chi connectivity index (χ4n) is 3.66. The standard InChI is InChI=1S/C25H31N3O5/c1-16(2)27(3)25(31)18-8-6-17(7-9-18)14-26-24(30)19-12-23(29)28(15-19)21-13-20(32-4)10-11-22(21)33-5/h6-11,13,16,19H,12,14-15H2,1-5H3,(H,26,30). The predicted molar refractivity (Wildman–Crippen MR) is 126 cm³/mol. The van der Waals surface area contributed by atoms with Crippen molar-refractivity contribution in [2.24, 2.45) is 5.92 Å². The number of methoxy groups -OCH3 is 2. The van der Waals surface area contributed by atoms with Gasteiger partial charge in [-0.25, -0.2) is 0 Å². The third kappa shape index (κ3) is 5.45. The number of amides is 3. The summed E-state index contributed by atoms with van der Waals surface area (Å²) in [5.41, 5.74) is 2.07. The molecule has 3 rings (SSSR count). The van der Waals surface area contributed by atoms with Crippen LogP contribution in [0.2, 0.25) is 0 Å². The van der Waals surface area contributed by atoms with E-state index in [2.05, 4.69) is 5.32 Å². The number of anilines is 1. The van der Waals surface area contributed by atoms with Gasteiger partial charge in [-0.1, -0.05) is 12.1 Å².